The van der Waals surface area contributed by atoms with Crippen molar-refractivity contribution in [2.24, 2.45) is 0 Å². The molecule has 0 heterocycles. The first-order valence-corrected chi connectivity index (χ1v) is 8.81. The Balaban J connectivity index is 2.12. The molecule has 20 heavy (non-hydrogen) atoms. The molecule has 106 valence electrons. The number of benzene rings is 2. The van der Waals surface area contributed by atoms with Gasteiger partial charge in [-0.05, 0) is 49.2 Å². The molecule has 0 saturated heterocycles. The van der Waals surface area contributed by atoms with Crippen LogP contribution in [0.25, 0.3) is 0 Å². The van der Waals surface area contributed by atoms with Crippen LogP contribution in [0.5, 0.6) is 0 Å². The maximum absolute atomic E-state index is 3.63. The van der Waals surface area contributed by atoms with Crippen molar-refractivity contribution in [1.29, 1.82) is 0 Å². The first-order chi connectivity index (χ1) is 9.47. The van der Waals surface area contributed by atoms with E-state index in [4.69, 9.17) is 0 Å². The fourth-order valence-corrected chi connectivity index (χ4v) is 4.00. The summed E-state index contributed by atoms with van der Waals surface area (Å²) in [5.74, 6) is 0. The van der Waals surface area contributed by atoms with Gasteiger partial charge in [0.1, 0.15) is 0 Å². The predicted octanol–water partition coefficient (Wildman–Crippen LogP) is 6.39. The summed E-state index contributed by atoms with van der Waals surface area (Å²) in [5, 5.41) is 3.63. The molecule has 0 radical (unpaired) electrons. The van der Waals surface area contributed by atoms with Gasteiger partial charge in [0.25, 0.3) is 0 Å². The van der Waals surface area contributed by atoms with Gasteiger partial charge in [-0.15, -0.1) is 0 Å². The summed E-state index contributed by atoms with van der Waals surface area (Å²) in [7, 11) is 0. The van der Waals surface area contributed by atoms with E-state index in [-0.39, 0.29) is 12.1 Å². The molecule has 0 aliphatic rings. The standard InChI is InChI=1S/C16H16Br3N/c1-10(12-4-3-5-13(17)8-12)20-11(2)15-7-6-14(18)9-16(15)19/h3-11,20H,1-2H3. The minimum atomic E-state index is 0.270. The van der Waals surface area contributed by atoms with Gasteiger partial charge in [-0.2, -0.15) is 0 Å². The minimum absolute atomic E-state index is 0.270. The lowest BCUT2D eigenvalue weighted by molar-refractivity contribution is 0.493. The molecular weight excluding hydrogens is 446 g/mol. The first kappa shape index (κ1) is 16.2. The van der Waals surface area contributed by atoms with Crippen molar-refractivity contribution >= 4 is 47.8 Å². The highest BCUT2D eigenvalue weighted by molar-refractivity contribution is 9.11. The van der Waals surface area contributed by atoms with Crippen LogP contribution in [0, 0.1) is 0 Å². The second-order valence-electron chi connectivity index (χ2n) is 4.83. The van der Waals surface area contributed by atoms with E-state index in [9.17, 15) is 0 Å². The van der Waals surface area contributed by atoms with Crippen LogP contribution >= 0.6 is 47.8 Å². The van der Waals surface area contributed by atoms with Crippen LogP contribution in [0.3, 0.4) is 0 Å². The van der Waals surface area contributed by atoms with E-state index in [1.54, 1.807) is 0 Å². The molecule has 2 unspecified atom stereocenters. The lowest BCUT2D eigenvalue weighted by Crippen LogP contribution is -2.22. The van der Waals surface area contributed by atoms with Crippen molar-refractivity contribution in [3.8, 4) is 0 Å². The molecular formula is C16H16Br3N. The Morgan fingerprint density at radius 3 is 2.20 bits per heavy atom. The number of rotatable bonds is 4. The maximum atomic E-state index is 3.63. The fourth-order valence-electron chi connectivity index (χ4n) is 2.19. The summed E-state index contributed by atoms with van der Waals surface area (Å²) in [5.41, 5.74) is 2.54. The number of hydrogen-bond acceptors (Lipinski definition) is 1. The molecule has 4 heteroatoms. The highest BCUT2D eigenvalue weighted by Crippen LogP contribution is 2.28. The van der Waals surface area contributed by atoms with E-state index in [2.05, 4.69) is 103 Å². The molecule has 0 aliphatic carbocycles. The largest absolute Gasteiger partial charge is 0.304 e. The van der Waals surface area contributed by atoms with Crippen molar-refractivity contribution in [1.82, 2.24) is 5.32 Å². The van der Waals surface area contributed by atoms with Crippen LogP contribution in [0.2, 0.25) is 0 Å². The molecule has 0 aliphatic heterocycles. The van der Waals surface area contributed by atoms with Crippen molar-refractivity contribution < 1.29 is 0 Å². The lowest BCUT2D eigenvalue weighted by Gasteiger charge is -2.22. The Hall–Kier alpha value is -0.160. The Bertz CT molecular complexity index is 598. The highest BCUT2D eigenvalue weighted by atomic mass is 79.9. The van der Waals surface area contributed by atoms with Crippen molar-refractivity contribution in [3.63, 3.8) is 0 Å². The molecule has 0 aromatic heterocycles. The summed E-state index contributed by atoms with van der Waals surface area (Å²) in [6.07, 6.45) is 0. The Morgan fingerprint density at radius 1 is 0.850 bits per heavy atom. The third kappa shape index (κ3) is 4.17. The smallest absolute Gasteiger partial charge is 0.0308 e. The van der Waals surface area contributed by atoms with Gasteiger partial charge in [-0.1, -0.05) is 66.0 Å². The zero-order valence-corrected chi connectivity index (χ0v) is 16.1. The molecule has 0 spiro atoms. The Labute approximate surface area is 145 Å². The first-order valence-electron chi connectivity index (χ1n) is 6.44. The van der Waals surface area contributed by atoms with Crippen LogP contribution in [0.4, 0.5) is 0 Å². The van der Waals surface area contributed by atoms with Crippen molar-refractivity contribution in [3.05, 3.63) is 67.0 Å². The van der Waals surface area contributed by atoms with Crippen LogP contribution < -0.4 is 5.32 Å². The number of halogens is 3. The van der Waals surface area contributed by atoms with Crippen LogP contribution in [-0.2, 0) is 0 Å². The topological polar surface area (TPSA) is 12.0 Å². The van der Waals surface area contributed by atoms with E-state index in [1.165, 1.54) is 11.1 Å². The molecule has 0 saturated carbocycles. The molecule has 2 rings (SSSR count). The predicted molar refractivity (Wildman–Crippen MR) is 95.9 cm³/mol. The second kappa shape index (κ2) is 7.21. The maximum Gasteiger partial charge on any atom is 0.0308 e. The molecule has 1 N–H and O–H groups in total. The van der Waals surface area contributed by atoms with Crippen LogP contribution in [0.15, 0.2) is 55.9 Å². The normalized spacial score (nSPS) is 14.1. The molecule has 2 atom stereocenters. The van der Waals surface area contributed by atoms with Crippen molar-refractivity contribution in [2.75, 3.05) is 0 Å². The lowest BCUT2D eigenvalue weighted by atomic mass is 10.0. The van der Waals surface area contributed by atoms with Gasteiger partial charge in [0.2, 0.25) is 0 Å². The summed E-state index contributed by atoms with van der Waals surface area (Å²) < 4.78 is 3.31. The molecule has 0 bridgehead atoms. The second-order valence-corrected chi connectivity index (χ2v) is 7.52. The quantitative estimate of drug-likeness (QED) is 0.556. The van der Waals surface area contributed by atoms with E-state index in [1.807, 2.05) is 6.07 Å². The van der Waals surface area contributed by atoms with Crippen LogP contribution in [-0.4, -0.2) is 0 Å². The van der Waals surface area contributed by atoms with E-state index in [0.29, 0.717) is 0 Å². The average Bonchev–Trinajstić information content (AvgIpc) is 2.38. The minimum Gasteiger partial charge on any atom is -0.304 e. The van der Waals surface area contributed by atoms with Gasteiger partial charge in [-0.25, -0.2) is 0 Å². The number of hydrogen-bond donors (Lipinski definition) is 1. The zero-order valence-electron chi connectivity index (χ0n) is 11.3. The van der Waals surface area contributed by atoms with E-state index < -0.39 is 0 Å². The van der Waals surface area contributed by atoms with E-state index >= 15 is 0 Å². The monoisotopic (exact) mass is 459 g/mol. The van der Waals surface area contributed by atoms with E-state index in [0.717, 1.165) is 13.4 Å². The highest BCUT2D eigenvalue weighted by Gasteiger charge is 2.13. The van der Waals surface area contributed by atoms with Gasteiger partial charge in [-0.3, -0.25) is 0 Å². The fraction of sp³-hybridized carbons (Fsp3) is 0.250. The zero-order chi connectivity index (χ0) is 14.7. The summed E-state index contributed by atoms with van der Waals surface area (Å²) in [6, 6.07) is 15.3. The average molecular weight is 462 g/mol. The van der Waals surface area contributed by atoms with Gasteiger partial charge in [0.05, 0.1) is 0 Å². The van der Waals surface area contributed by atoms with Gasteiger partial charge in [0.15, 0.2) is 0 Å². The summed E-state index contributed by atoms with van der Waals surface area (Å²) in [4.78, 5) is 0. The molecule has 1 nitrogen and oxygen atoms in total. The summed E-state index contributed by atoms with van der Waals surface area (Å²) >= 11 is 10.6. The van der Waals surface area contributed by atoms with Gasteiger partial charge >= 0.3 is 0 Å². The Morgan fingerprint density at radius 2 is 1.55 bits per heavy atom. The third-order valence-corrected chi connectivity index (χ3v) is 4.95. The SMILES string of the molecule is CC(NC(C)c1ccc(Br)cc1Br)c1cccc(Br)c1. The molecule has 2 aromatic carbocycles. The molecule has 2 aromatic rings. The third-order valence-electron chi connectivity index (χ3n) is 3.28. The van der Waals surface area contributed by atoms with Gasteiger partial charge in [0, 0.05) is 25.5 Å². The van der Waals surface area contributed by atoms with Gasteiger partial charge < -0.3 is 5.32 Å². The number of nitrogens with one attached hydrogen (secondary N) is 1. The molecule has 0 amide bonds. The van der Waals surface area contributed by atoms with Crippen LogP contribution in [0.1, 0.15) is 37.1 Å². The summed E-state index contributed by atoms with van der Waals surface area (Å²) in [6.45, 7) is 4.37. The molecule has 0 fully saturated rings. The van der Waals surface area contributed by atoms with Crippen molar-refractivity contribution in [2.45, 2.75) is 25.9 Å². The Kier molecular flexibility index (Phi) is 5.84.